The summed E-state index contributed by atoms with van der Waals surface area (Å²) >= 11 is 1.21. The van der Waals surface area contributed by atoms with Crippen molar-refractivity contribution < 1.29 is 33.8 Å². The first-order chi connectivity index (χ1) is 14.7. The molecule has 2 heterocycles. The first-order valence-electron chi connectivity index (χ1n) is 9.26. The first-order valence-corrected chi connectivity index (χ1v) is 10.1. The van der Waals surface area contributed by atoms with Gasteiger partial charge < -0.3 is 19.5 Å². The van der Waals surface area contributed by atoms with Gasteiger partial charge in [0, 0.05) is 16.2 Å². The number of aldehydes is 1. The standard InChI is InChI=1S/C22H21NO7S/c1-10-6-7-15(25)13(8-10)19(26)16-14(9-24)20-23(11(2)12(3)31-20)18(22(28)30-5)17(16)21(27)29-4/h6-9,18,25H,1-5H3. The molecule has 0 saturated carbocycles. The van der Waals surface area contributed by atoms with Crippen LogP contribution in [0.5, 0.6) is 5.75 Å². The van der Waals surface area contributed by atoms with E-state index in [9.17, 15) is 24.3 Å². The van der Waals surface area contributed by atoms with Crippen molar-refractivity contribution in [2.75, 3.05) is 14.2 Å². The summed E-state index contributed by atoms with van der Waals surface area (Å²) in [4.78, 5) is 53.7. The maximum atomic E-state index is 13.6. The number of hydrogen-bond acceptors (Lipinski definition) is 9. The lowest BCUT2D eigenvalue weighted by Crippen LogP contribution is -2.46. The third-order valence-corrected chi connectivity index (χ3v) is 6.42. The largest absolute Gasteiger partial charge is 0.507 e. The second kappa shape index (κ2) is 8.43. The van der Waals surface area contributed by atoms with Gasteiger partial charge in [-0.25, -0.2) is 9.59 Å². The van der Waals surface area contributed by atoms with Gasteiger partial charge in [-0.1, -0.05) is 23.4 Å². The minimum absolute atomic E-state index is 0.0624. The molecule has 0 amide bonds. The normalized spacial score (nSPS) is 18.2. The summed E-state index contributed by atoms with van der Waals surface area (Å²) in [6, 6.07) is 3.08. The van der Waals surface area contributed by atoms with Gasteiger partial charge >= 0.3 is 11.9 Å². The summed E-state index contributed by atoms with van der Waals surface area (Å²) in [5.41, 5.74) is 0.555. The van der Waals surface area contributed by atoms with Crippen molar-refractivity contribution >= 4 is 35.8 Å². The highest BCUT2D eigenvalue weighted by atomic mass is 32.2. The fourth-order valence-electron chi connectivity index (χ4n) is 3.58. The fraction of sp³-hybridized carbons (Fsp3) is 0.273. The van der Waals surface area contributed by atoms with Crippen LogP contribution in [0.4, 0.5) is 0 Å². The van der Waals surface area contributed by atoms with Crippen molar-refractivity contribution in [1.29, 1.82) is 0 Å². The van der Waals surface area contributed by atoms with Crippen LogP contribution in [0.3, 0.4) is 0 Å². The molecule has 1 N–H and O–H groups in total. The van der Waals surface area contributed by atoms with E-state index in [0.717, 1.165) is 12.0 Å². The van der Waals surface area contributed by atoms with E-state index in [1.54, 1.807) is 26.8 Å². The van der Waals surface area contributed by atoms with Crippen molar-refractivity contribution in [2.24, 2.45) is 0 Å². The van der Waals surface area contributed by atoms with E-state index >= 15 is 0 Å². The van der Waals surface area contributed by atoms with Crippen LogP contribution in [0.15, 0.2) is 50.5 Å². The summed E-state index contributed by atoms with van der Waals surface area (Å²) in [5.74, 6) is -2.83. The highest BCUT2D eigenvalue weighted by Crippen LogP contribution is 2.49. The van der Waals surface area contributed by atoms with Crippen LogP contribution >= 0.6 is 11.8 Å². The molecule has 8 nitrogen and oxygen atoms in total. The van der Waals surface area contributed by atoms with Gasteiger partial charge in [-0.3, -0.25) is 9.59 Å². The molecular formula is C22H21NO7S. The van der Waals surface area contributed by atoms with Crippen LogP contribution in [0.25, 0.3) is 0 Å². The topological polar surface area (TPSA) is 110 Å². The van der Waals surface area contributed by atoms with E-state index in [1.807, 2.05) is 0 Å². The Bertz CT molecular complexity index is 1110. The number of esters is 2. The van der Waals surface area contributed by atoms with E-state index < -0.39 is 23.8 Å². The molecule has 9 heteroatoms. The lowest BCUT2D eigenvalue weighted by Gasteiger charge is -2.36. The Morgan fingerprint density at radius 2 is 1.81 bits per heavy atom. The average molecular weight is 443 g/mol. The molecule has 1 aromatic carbocycles. The number of benzene rings is 1. The van der Waals surface area contributed by atoms with Gasteiger partial charge in [-0.05, 0) is 32.9 Å². The van der Waals surface area contributed by atoms with Crippen LogP contribution in [0.1, 0.15) is 29.8 Å². The molecule has 0 saturated heterocycles. The number of carbonyl (C=O) groups excluding carboxylic acids is 4. The number of nitrogens with zero attached hydrogens (tertiary/aromatic N) is 1. The quantitative estimate of drug-likeness (QED) is 0.417. The third-order valence-electron chi connectivity index (χ3n) is 5.21. The van der Waals surface area contributed by atoms with E-state index in [0.29, 0.717) is 22.6 Å². The Morgan fingerprint density at radius 1 is 1.13 bits per heavy atom. The molecule has 0 fully saturated rings. The van der Waals surface area contributed by atoms with Crippen molar-refractivity contribution in [2.45, 2.75) is 26.8 Å². The molecule has 2 aliphatic heterocycles. The van der Waals surface area contributed by atoms with Crippen molar-refractivity contribution in [1.82, 2.24) is 4.90 Å². The molecular weight excluding hydrogens is 422 g/mol. The van der Waals surface area contributed by atoms with Crippen LogP contribution in [-0.4, -0.2) is 54.3 Å². The molecule has 2 aliphatic rings. The minimum Gasteiger partial charge on any atom is -0.507 e. The summed E-state index contributed by atoms with van der Waals surface area (Å²) in [6.45, 7) is 5.27. The average Bonchev–Trinajstić information content (AvgIpc) is 3.06. The second-order valence-corrected chi connectivity index (χ2v) is 8.21. The summed E-state index contributed by atoms with van der Waals surface area (Å²) in [6.07, 6.45) is 0.470. The van der Waals surface area contributed by atoms with Crippen LogP contribution < -0.4 is 0 Å². The molecule has 3 rings (SSSR count). The monoisotopic (exact) mass is 443 g/mol. The molecule has 1 aromatic rings. The molecule has 0 aromatic heterocycles. The summed E-state index contributed by atoms with van der Waals surface area (Å²) in [7, 11) is 2.28. The van der Waals surface area contributed by atoms with Gasteiger partial charge in [0.05, 0.1) is 36.0 Å². The number of methoxy groups -OCH3 is 2. The van der Waals surface area contributed by atoms with Gasteiger partial charge in [0.1, 0.15) is 5.75 Å². The molecule has 1 atom stereocenters. The predicted molar refractivity (Wildman–Crippen MR) is 113 cm³/mol. The number of rotatable bonds is 5. The van der Waals surface area contributed by atoms with Gasteiger partial charge in [-0.15, -0.1) is 0 Å². The number of ketones is 1. The maximum Gasteiger partial charge on any atom is 0.337 e. The number of fused-ring (bicyclic) bond motifs is 1. The number of allylic oxidation sites excluding steroid dienone is 4. The number of hydrogen-bond donors (Lipinski definition) is 1. The van der Waals surface area contributed by atoms with Gasteiger partial charge in [0.25, 0.3) is 0 Å². The highest BCUT2D eigenvalue weighted by molar-refractivity contribution is 8.07. The maximum absolute atomic E-state index is 13.6. The summed E-state index contributed by atoms with van der Waals surface area (Å²) in [5, 5.41) is 10.6. The summed E-state index contributed by atoms with van der Waals surface area (Å²) < 4.78 is 9.81. The smallest absolute Gasteiger partial charge is 0.337 e. The van der Waals surface area contributed by atoms with Crippen LogP contribution in [0, 0.1) is 6.92 Å². The number of thioether (sulfide) groups is 1. The van der Waals surface area contributed by atoms with Crippen LogP contribution in [-0.2, 0) is 23.9 Å². The van der Waals surface area contributed by atoms with Crippen molar-refractivity contribution in [3.05, 3.63) is 61.7 Å². The van der Waals surface area contributed by atoms with E-state index in [-0.39, 0.29) is 28.0 Å². The lowest BCUT2D eigenvalue weighted by molar-refractivity contribution is -0.147. The molecule has 0 aliphatic carbocycles. The lowest BCUT2D eigenvalue weighted by atomic mass is 9.85. The first kappa shape index (κ1) is 22.4. The second-order valence-electron chi connectivity index (χ2n) is 7.01. The van der Waals surface area contributed by atoms with Crippen LogP contribution in [0.2, 0.25) is 0 Å². The zero-order valence-electron chi connectivity index (χ0n) is 17.6. The minimum atomic E-state index is -1.33. The molecule has 31 heavy (non-hydrogen) atoms. The zero-order chi connectivity index (χ0) is 23.0. The molecule has 0 bridgehead atoms. The third kappa shape index (κ3) is 3.54. The van der Waals surface area contributed by atoms with E-state index in [2.05, 4.69) is 0 Å². The van der Waals surface area contributed by atoms with E-state index in [4.69, 9.17) is 9.47 Å². The Balaban J connectivity index is 2.40. The number of aromatic hydroxyl groups is 1. The molecule has 0 spiro atoms. The number of phenols is 1. The number of carbonyl (C=O) groups is 4. The van der Waals surface area contributed by atoms with Gasteiger partial charge in [0.15, 0.2) is 18.1 Å². The van der Waals surface area contributed by atoms with Crippen molar-refractivity contribution in [3.63, 3.8) is 0 Å². The Morgan fingerprint density at radius 3 is 2.39 bits per heavy atom. The van der Waals surface area contributed by atoms with Crippen molar-refractivity contribution in [3.8, 4) is 5.75 Å². The Kier molecular flexibility index (Phi) is 6.08. The highest BCUT2D eigenvalue weighted by Gasteiger charge is 2.48. The Labute approximate surface area is 183 Å². The fourth-order valence-corrected chi connectivity index (χ4v) is 4.72. The zero-order valence-corrected chi connectivity index (χ0v) is 18.5. The number of ether oxygens (including phenoxy) is 2. The number of aryl methyl sites for hydroxylation is 1. The van der Waals surface area contributed by atoms with E-state index in [1.165, 1.54) is 35.9 Å². The number of Topliss-reactive ketones (excluding diaryl/α,β-unsaturated/α-hetero) is 1. The number of phenolic OH excluding ortho intramolecular Hbond substituents is 1. The predicted octanol–water partition coefficient (Wildman–Crippen LogP) is 2.62. The van der Waals surface area contributed by atoms with Gasteiger partial charge in [0.2, 0.25) is 0 Å². The molecule has 1 unspecified atom stereocenters. The Hall–Kier alpha value is -3.33. The van der Waals surface area contributed by atoms with Gasteiger partial charge in [-0.2, -0.15) is 0 Å². The molecule has 162 valence electrons. The SMILES string of the molecule is COC(=O)C1=C(C(=O)c2cc(C)ccc2O)C(C=O)=C2SC(C)=C(C)N2C1C(=O)OC. The molecule has 0 radical (unpaired) electrons.